The molecule has 2 N–H and O–H groups in total. The minimum absolute atomic E-state index is 0.209. The quantitative estimate of drug-likeness (QED) is 0.785. The molecule has 1 fully saturated rings. The average molecular weight is 291 g/mol. The summed E-state index contributed by atoms with van der Waals surface area (Å²) in [6.45, 7) is 1.39. The first-order valence-corrected chi connectivity index (χ1v) is 7.22. The van der Waals surface area contributed by atoms with Gasteiger partial charge in [-0.2, -0.15) is 0 Å². The highest BCUT2D eigenvalue weighted by atomic mass is 16.5. The van der Waals surface area contributed by atoms with Crippen molar-refractivity contribution in [1.29, 1.82) is 0 Å². The molecule has 5 nitrogen and oxygen atoms in total. The second kappa shape index (κ2) is 7.22. The Labute approximate surface area is 124 Å². The zero-order chi connectivity index (χ0) is 15.2. The minimum Gasteiger partial charge on any atom is -0.481 e. The number of esters is 1. The lowest BCUT2D eigenvalue weighted by molar-refractivity contribution is -0.142. The predicted molar refractivity (Wildman–Crippen MR) is 78.0 cm³/mol. The molecule has 1 aliphatic carbocycles. The molecule has 114 valence electrons. The van der Waals surface area contributed by atoms with Crippen molar-refractivity contribution in [2.45, 2.75) is 25.8 Å². The van der Waals surface area contributed by atoms with E-state index >= 15 is 0 Å². The van der Waals surface area contributed by atoms with Gasteiger partial charge < -0.3 is 15.2 Å². The fourth-order valence-electron chi connectivity index (χ4n) is 2.88. The van der Waals surface area contributed by atoms with Gasteiger partial charge in [0.1, 0.15) is 0 Å². The minimum atomic E-state index is -0.679. The van der Waals surface area contributed by atoms with E-state index in [2.05, 4.69) is 10.1 Å². The molecule has 0 aromatic heterocycles. The number of methoxy groups -OCH3 is 1. The third-order valence-electron chi connectivity index (χ3n) is 4.09. The standard InChI is InChI=1S/C16H21NO4/c1-21-16(20)12-7-5-11(6-8-12)9-17-10-13-3-2-4-14(13)15(18)19/h5-8,13-14,17H,2-4,9-10H2,1H3,(H,18,19). The van der Waals surface area contributed by atoms with Crippen molar-refractivity contribution < 1.29 is 19.4 Å². The third-order valence-corrected chi connectivity index (χ3v) is 4.09. The van der Waals surface area contributed by atoms with Crippen LogP contribution in [0.1, 0.15) is 35.2 Å². The van der Waals surface area contributed by atoms with Crippen LogP contribution in [0.3, 0.4) is 0 Å². The number of nitrogens with one attached hydrogen (secondary N) is 1. The number of hydrogen-bond donors (Lipinski definition) is 2. The van der Waals surface area contributed by atoms with Gasteiger partial charge in [-0.3, -0.25) is 4.79 Å². The summed E-state index contributed by atoms with van der Waals surface area (Å²) >= 11 is 0. The number of carboxylic acid groups (broad SMARTS) is 1. The molecular weight excluding hydrogens is 270 g/mol. The Morgan fingerprint density at radius 1 is 1.29 bits per heavy atom. The highest BCUT2D eigenvalue weighted by Gasteiger charge is 2.32. The van der Waals surface area contributed by atoms with Crippen LogP contribution in [0.25, 0.3) is 0 Å². The molecule has 2 unspecified atom stereocenters. The van der Waals surface area contributed by atoms with Gasteiger partial charge in [0.05, 0.1) is 18.6 Å². The molecule has 1 saturated carbocycles. The number of benzene rings is 1. The van der Waals surface area contributed by atoms with E-state index < -0.39 is 5.97 Å². The van der Waals surface area contributed by atoms with Crippen molar-refractivity contribution in [3.05, 3.63) is 35.4 Å². The van der Waals surface area contributed by atoms with Crippen LogP contribution >= 0.6 is 0 Å². The van der Waals surface area contributed by atoms with Crippen molar-refractivity contribution >= 4 is 11.9 Å². The third kappa shape index (κ3) is 4.04. The maximum absolute atomic E-state index is 11.3. The topological polar surface area (TPSA) is 75.6 Å². The molecule has 0 heterocycles. The highest BCUT2D eigenvalue weighted by Crippen LogP contribution is 2.31. The summed E-state index contributed by atoms with van der Waals surface area (Å²) in [5.41, 5.74) is 1.59. The van der Waals surface area contributed by atoms with Crippen LogP contribution in [0, 0.1) is 11.8 Å². The first-order chi connectivity index (χ1) is 10.1. The maximum Gasteiger partial charge on any atom is 0.337 e. The summed E-state index contributed by atoms with van der Waals surface area (Å²) in [6, 6.07) is 7.22. The Balaban J connectivity index is 1.81. The van der Waals surface area contributed by atoms with E-state index in [1.807, 2.05) is 12.1 Å². The number of carboxylic acids is 1. The predicted octanol–water partition coefficient (Wildman–Crippen LogP) is 2.06. The molecule has 21 heavy (non-hydrogen) atoms. The van der Waals surface area contributed by atoms with Crippen LogP contribution in [0.4, 0.5) is 0 Å². The number of carbonyl (C=O) groups excluding carboxylic acids is 1. The van der Waals surface area contributed by atoms with E-state index in [4.69, 9.17) is 5.11 Å². The molecule has 0 amide bonds. The Bertz CT molecular complexity index is 498. The number of hydrogen-bond acceptors (Lipinski definition) is 4. The van der Waals surface area contributed by atoms with E-state index in [0.717, 1.165) is 31.4 Å². The SMILES string of the molecule is COC(=O)c1ccc(CNCC2CCCC2C(=O)O)cc1. The van der Waals surface area contributed by atoms with Gasteiger partial charge in [-0.15, -0.1) is 0 Å². The molecule has 0 spiro atoms. The summed E-state index contributed by atoms with van der Waals surface area (Å²) < 4.78 is 4.65. The molecule has 0 bridgehead atoms. The fourth-order valence-corrected chi connectivity index (χ4v) is 2.88. The monoisotopic (exact) mass is 291 g/mol. The second-order valence-corrected chi connectivity index (χ2v) is 5.46. The van der Waals surface area contributed by atoms with E-state index in [1.54, 1.807) is 12.1 Å². The summed E-state index contributed by atoms with van der Waals surface area (Å²) in [5, 5.41) is 12.4. The molecule has 1 aromatic rings. The maximum atomic E-state index is 11.3. The fraction of sp³-hybridized carbons (Fsp3) is 0.500. The Morgan fingerprint density at radius 2 is 2.00 bits per heavy atom. The normalized spacial score (nSPS) is 21.2. The molecule has 1 aliphatic rings. The van der Waals surface area contributed by atoms with Crippen molar-refractivity contribution in [2.24, 2.45) is 11.8 Å². The first kappa shape index (κ1) is 15.5. The molecule has 5 heteroatoms. The molecule has 2 atom stereocenters. The van der Waals surface area contributed by atoms with Gasteiger partial charge in [-0.1, -0.05) is 18.6 Å². The lowest BCUT2D eigenvalue weighted by Crippen LogP contribution is -2.28. The average Bonchev–Trinajstić information content (AvgIpc) is 2.96. The lowest BCUT2D eigenvalue weighted by Gasteiger charge is -2.16. The van der Waals surface area contributed by atoms with E-state index in [9.17, 15) is 9.59 Å². The Morgan fingerprint density at radius 3 is 2.62 bits per heavy atom. The molecule has 1 aromatic carbocycles. The number of ether oxygens (including phenoxy) is 1. The highest BCUT2D eigenvalue weighted by molar-refractivity contribution is 5.89. The van der Waals surface area contributed by atoms with Gasteiger partial charge in [0.15, 0.2) is 0 Å². The zero-order valence-corrected chi connectivity index (χ0v) is 12.2. The summed E-state index contributed by atoms with van der Waals surface area (Å²) in [6.07, 6.45) is 2.76. The summed E-state index contributed by atoms with van der Waals surface area (Å²) in [5.74, 6) is -1.01. The molecule has 0 radical (unpaired) electrons. The van der Waals surface area contributed by atoms with E-state index in [0.29, 0.717) is 12.1 Å². The second-order valence-electron chi connectivity index (χ2n) is 5.46. The van der Waals surface area contributed by atoms with Crippen molar-refractivity contribution in [3.63, 3.8) is 0 Å². The van der Waals surface area contributed by atoms with E-state index in [1.165, 1.54) is 7.11 Å². The molecular formula is C16H21NO4. The zero-order valence-electron chi connectivity index (χ0n) is 12.2. The molecule has 0 aliphatic heterocycles. The van der Waals surface area contributed by atoms with Gasteiger partial charge in [-0.25, -0.2) is 4.79 Å². The number of carbonyl (C=O) groups is 2. The summed E-state index contributed by atoms with van der Waals surface area (Å²) in [7, 11) is 1.36. The van der Waals surface area contributed by atoms with Crippen molar-refractivity contribution in [3.8, 4) is 0 Å². The first-order valence-electron chi connectivity index (χ1n) is 7.22. The van der Waals surface area contributed by atoms with Crippen LogP contribution in [0.2, 0.25) is 0 Å². The largest absolute Gasteiger partial charge is 0.481 e. The Hall–Kier alpha value is -1.88. The number of rotatable bonds is 6. The van der Waals surface area contributed by atoms with Crippen molar-refractivity contribution in [2.75, 3.05) is 13.7 Å². The summed E-state index contributed by atoms with van der Waals surface area (Å²) in [4.78, 5) is 22.4. The van der Waals surface area contributed by atoms with Crippen molar-refractivity contribution in [1.82, 2.24) is 5.32 Å². The number of aliphatic carboxylic acids is 1. The van der Waals surface area contributed by atoms with Crippen LogP contribution in [-0.4, -0.2) is 30.7 Å². The van der Waals surface area contributed by atoms with Gasteiger partial charge in [0.2, 0.25) is 0 Å². The molecule has 2 rings (SSSR count). The van der Waals surface area contributed by atoms with Gasteiger partial charge in [0, 0.05) is 6.54 Å². The molecule has 0 saturated heterocycles. The van der Waals surface area contributed by atoms with Crippen LogP contribution in [-0.2, 0) is 16.1 Å². The van der Waals surface area contributed by atoms with Gasteiger partial charge >= 0.3 is 11.9 Å². The smallest absolute Gasteiger partial charge is 0.337 e. The van der Waals surface area contributed by atoms with Gasteiger partial charge in [0.25, 0.3) is 0 Å². The lowest BCUT2D eigenvalue weighted by atomic mass is 9.96. The van der Waals surface area contributed by atoms with Crippen LogP contribution in [0.5, 0.6) is 0 Å². The van der Waals surface area contributed by atoms with E-state index in [-0.39, 0.29) is 17.8 Å². The Kier molecular flexibility index (Phi) is 5.33. The van der Waals surface area contributed by atoms with Crippen LogP contribution in [0.15, 0.2) is 24.3 Å². The van der Waals surface area contributed by atoms with Gasteiger partial charge in [-0.05, 0) is 43.0 Å². The van der Waals surface area contributed by atoms with Crippen LogP contribution < -0.4 is 5.32 Å².